The molecule has 0 spiro atoms. The van der Waals surface area contributed by atoms with Crippen LogP contribution in [0.1, 0.15) is 116 Å². The van der Waals surface area contributed by atoms with E-state index in [-0.39, 0.29) is 18.2 Å². The number of rotatable bonds is 21. The molecule has 0 fully saturated rings. The number of carbonyl (C=O) groups excluding carboxylic acids is 2. The Morgan fingerprint density at radius 3 is 1.89 bits per heavy atom. The molecule has 1 heterocycles. The van der Waals surface area contributed by atoms with Crippen LogP contribution in [-0.4, -0.2) is 44.9 Å². The molecule has 8 heteroatoms. The molecule has 0 aliphatic rings. The van der Waals surface area contributed by atoms with Crippen molar-refractivity contribution >= 4 is 17.8 Å². The SMILES string of the molecule is CCCCCCCCCCCCCCCC(=O)N[C@@H](Cc1cnc[nH]1)C(=O)N[C@@H](C(=O)O)C(C)C. The maximum atomic E-state index is 12.8. The Balaban J connectivity index is 2.29. The molecule has 2 atom stereocenters. The van der Waals surface area contributed by atoms with Gasteiger partial charge < -0.3 is 20.7 Å². The smallest absolute Gasteiger partial charge is 0.326 e. The van der Waals surface area contributed by atoms with Gasteiger partial charge in [0.2, 0.25) is 11.8 Å². The van der Waals surface area contributed by atoms with Gasteiger partial charge in [-0.25, -0.2) is 9.78 Å². The van der Waals surface area contributed by atoms with Crippen molar-refractivity contribution < 1.29 is 19.5 Å². The third kappa shape index (κ3) is 14.6. The number of aliphatic carboxylic acids is 1. The highest BCUT2D eigenvalue weighted by Gasteiger charge is 2.28. The summed E-state index contributed by atoms with van der Waals surface area (Å²) >= 11 is 0. The van der Waals surface area contributed by atoms with E-state index in [4.69, 9.17) is 0 Å². The van der Waals surface area contributed by atoms with Crippen LogP contribution in [-0.2, 0) is 20.8 Å². The molecule has 0 bridgehead atoms. The highest BCUT2D eigenvalue weighted by atomic mass is 16.4. The lowest BCUT2D eigenvalue weighted by atomic mass is 10.0. The first-order valence-electron chi connectivity index (χ1n) is 13.6. The maximum Gasteiger partial charge on any atom is 0.326 e. The van der Waals surface area contributed by atoms with Crippen molar-refractivity contribution in [2.75, 3.05) is 0 Å². The molecule has 1 rings (SSSR count). The second kappa shape index (κ2) is 18.9. The summed E-state index contributed by atoms with van der Waals surface area (Å²) in [6, 6.07) is -1.87. The number of aromatic amines is 1. The molecule has 0 saturated carbocycles. The highest BCUT2D eigenvalue weighted by molar-refractivity contribution is 5.90. The normalized spacial score (nSPS) is 12.9. The summed E-state index contributed by atoms with van der Waals surface area (Å²) < 4.78 is 0. The van der Waals surface area contributed by atoms with Crippen LogP contribution in [0.3, 0.4) is 0 Å². The number of nitrogens with zero attached hydrogens (tertiary/aromatic N) is 1. The van der Waals surface area contributed by atoms with E-state index in [1.807, 2.05) is 0 Å². The Morgan fingerprint density at radius 2 is 1.43 bits per heavy atom. The van der Waals surface area contributed by atoms with Gasteiger partial charge >= 0.3 is 5.97 Å². The average molecular weight is 493 g/mol. The zero-order valence-corrected chi connectivity index (χ0v) is 22.1. The van der Waals surface area contributed by atoms with Crippen LogP contribution in [0.15, 0.2) is 12.5 Å². The molecule has 0 unspecified atom stereocenters. The minimum Gasteiger partial charge on any atom is -0.480 e. The summed E-state index contributed by atoms with van der Waals surface area (Å²) in [6.07, 6.45) is 19.8. The second-order valence-electron chi connectivity index (χ2n) is 9.96. The number of nitrogens with one attached hydrogen (secondary N) is 3. The van der Waals surface area contributed by atoms with Crippen LogP contribution in [0.5, 0.6) is 0 Å². The summed E-state index contributed by atoms with van der Waals surface area (Å²) in [5.74, 6) is -2.05. The molecule has 0 saturated heterocycles. The number of carboxylic acid groups (broad SMARTS) is 1. The molecule has 4 N–H and O–H groups in total. The van der Waals surface area contributed by atoms with Crippen LogP contribution < -0.4 is 10.6 Å². The van der Waals surface area contributed by atoms with Crippen molar-refractivity contribution in [1.29, 1.82) is 0 Å². The zero-order valence-electron chi connectivity index (χ0n) is 22.1. The van der Waals surface area contributed by atoms with Crippen LogP contribution in [0.2, 0.25) is 0 Å². The Labute approximate surface area is 211 Å². The van der Waals surface area contributed by atoms with Crippen LogP contribution in [0.4, 0.5) is 0 Å². The summed E-state index contributed by atoms with van der Waals surface area (Å²) in [6.45, 7) is 5.71. The summed E-state index contributed by atoms with van der Waals surface area (Å²) in [5.41, 5.74) is 0.697. The number of H-pyrrole nitrogens is 1. The fourth-order valence-electron chi connectivity index (χ4n) is 4.16. The molecule has 0 radical (unpaired) electrons. The van der Waals surface area contributed by atoms with Gasteiger partial charge in [-0.15, -0.1) is 0 Å². The minimum atomic E-state index is -1.09. The van der Waals surface area contributed by atoms with E-state index in [0.29, 0.717) is 12.1 Å². The van der Waals surface area contributed by atoms with E-state index in [1.54, 1.807) is 20.0 Å². The third-order valence-corrected chi connectivity index (χ3v) is 6.37. The van der Waals surface area contributed by atoms with Gasteiger partial charge in [-0.1, -0.05) is 97.8 Å². The number of carboxylic acids is 1. The van der Waals surface area contributed by atoms with Gasteiger partial charge in [0.05, 0.1) is 6.33 Å². The van der Waals surface area contributed by atoms with Gasteiger partial charge in [0.15, 0.2) is 0 Å². The van der Waals surface area contributed by atoms with Crippen LogP contribution in [0.25, 0.3) is 0 Å². The largest absolute Gasteiger partial charge is 0.480 e. The topological polar surface area (TPSA) is 124 Å². The zero-order chi connectivity index (χ0) is 25.9. The fraction of sp³-hybridized carbons (Fsp3) is 0.778. The third-order valence-electron chi connectivity index (χ3n) is 6.37. The molecule has 1 aromatic rings. The van der Waals surface area contributed by atoms with Gasteiger partial charge in [0, 0.05) is 24.7 Å². The average Bonchev–Trinajstić information content (AvgIpc) is 3.32. The quantitative estimate of drug-likeness (QED) is 0.177. The van der Waals surface area contributed by atoms with E-state index >= 15 is 0 Å². The molecule has 8 nitrogen and oxygen atoms in total. The summed E-state index contributed by atoms with van der Waals surface area (Å²) in [4.78, 5) is 43.7. The van der Waals surface area contributed by atoms with Crippen molar-refractivity contribution in [1.82, 2.24) is 20.6 Å². The van der Waals surface area contributed by atoms with E-state index in [0.717, 1.165) is 19.3 Å². The summed E-state index contributed by atoms with van der Waals surface area (Å²) in [7, 11) is 0. The molecular weight excluding hydrogens is 444 g/mol. The van der Waals surface area contributed by atoms with Crippen molar-refractivity contribution in [3.63, 3.8) is 0 Å². The number of hydrogen-bond acceptors (Lipinski definition) is 4. The molecular formula is C27H48N4O4. The fourth-order valence-corrected chi connectivity index (χ4v) is 4.16. The Bertz CT molecular complexity index is 706. The van der Waals surface area contributed by atoms with E-state index < -0.39 is 24.0 Å². The molecule has 200 valence electrons. The molecule has 2 amide bonds. The number of amides is 2. The standard InChI is InChI=1S/C27H48N4O4/c1-4-5-6-7-8-9-10-11-12-13-14-15-16-17-24(32)30-23(18-22-19-28-20-29-22)26(33)31-25(21(2)3)27(34)35/h19-21,23,25H,4-18H2,1-3H3,(H,28,29)(H,30,32)(H,31,33)(H,34,35)/t23-,25+/m0/s1. The molecule has 0 aliphatic heterocycles. The van der Waals surface area contributed by atoms with Crippen molar-refractivity contribution in [3.05, 3.63) is 18.2 Å². The predicted molar refractivity (Wildman–Crippen MR) is 139 cm³/mol. The van der Waals surface area contributed by atoms with E-state index in [1.165, 1.54) is 70.5 Å². The van der Waals surface area contributed by atoms with Crippen LogP contribution >= 0.6 is 0 Å². The summed E-state index contributed by atoms with van der Waals surface area (Å²) in [5, 5.41) is 14.7. The second-order valence-corrected chi connectivity index (χ2v) is 9.96. The van der Waals surface area contributed by atoms with E-state index in [9.17, 15) is 19.5 Å². The molecule has 0 aromatic carbocycles. The Hall–Kier alpha value is -2.38. The lowest BCUT2D eigenvalue weighted by Crippen LogP contribution is -2.53. The predicted octanol–water partition coefficient (Wildman–Crippen LogP) is 5.14. The highest BCUT2D eigenvalue weighted by Crippen LogP contribution is 2.13. The first-order chi connectivity index (χ1) is 16.8. The van der Waals surface area contributed by atoms with Crippen molar-refractivity contribution in [3.8, 4) is 0 Å². The lowest BCUT2D eigenvalue weighted by molar-refractivity contribution is -0.143. The first kappa shape index (κ1) is 30.7. The van der Waals surface area contributed by atoms with Crippen LogP contribution in [0, 0.1) is 5.92 Å². The monoisotopic (exact) mass is 492 g/mol. The maximum absolute atomic E-state index is 12.8. The van der Waals surface area contributed by atoms with Crippen molar-refractivity contribution in [2.45, 2.75) is 129 Å². The van der Waals surface area contributed by atoms with Gasteiger partial charge in [-0.3, -0.25) is 9.59 Å². The first-order valence-corrected chi connectivity index (χ1v) is 13.6. The molecule has 0 aliphatic carbocycles. The number of aromatic nitrogens is 2. The Morgan fingerprint density at radius 1 is 0.886 bits per heavy atom. The van der Waals surface area contributed by atoms with Gasteiger partial charge in [0.1, 0.15) is 12.1 Å². The molecule has 1 aromatic heterocycles. The van der Waals surface area contributed by atoms with E-state index in [2.05, 4.69) is 27.5 Å². The molecule has 35 heavy (non-hydrogen) atoms. The van der Waals surface area contributed by atoms with Gasteiger partial charge in [-0.2, -0.15) is 0 Å². The lowest BCUT2D eigenvalue weighted by Gasteiger charge is -2.23. The number of imidazole rings is 1. The Kier molecular flexibility index (Phi) is 16.5. The number of hydrogen-bond donors (Lipinski definition) is 4. The van der Waals surface area contributed by atoms with Gasteiger partial charge in [0.25, 0.3) is 0 Å². The van der Waals surface area contributed by atoms with Crippen molar-refractivity contribution in [2.24, 2.45) is 5.92 Å². The number of unbranched alkanes of at least 4 members (excludes halogenated alkanes) is 12. The van der Waals surface area contributed by atoms with Gasteiger partial charge in [-0.05, 0) is 12.3 Å². The number of carbonyl (C=O) groups is 3. The minimum absolute atomic E-state index is 0.191.